The van der Waals surface area contributed by atoms with E-state index in [0.29, 0.717) is 6.42 Å². The predicted molar refractivity (Wildman–Crippen MR) is 58.9 cm³/mol. The minimum atomic E-state index is -0.924. The summed E-state index contributed by atoms with van der Waals surface area (Å²) in [5.74, 6) is -0.840. The van der Waals surface area contributed by atoms with Gasteiger partial charge in [0, 0.05) is 13.0 Å². The van der Waals surface area contributed by atoms with E-state index in [4.69, 9.17) is 0 Å². The lowest BCUT2D eigenvalue weighted by atomic mass is 9.86. The van der Waals surface area contributed by atoms with Crippen molar-refractivity contribution in [1.29, 1.82) is 0 Å². The highest BCUT2D eigenvalue weighted by Crippen LogP contribution is 2.45. The van der Waals surface area contributed by atoms with E-state index >= 15 is 0 Å². The van der Waals surface area contributed by atoms with Crippen LogP contribution in [0.25, 0.3) is 0 Å². The maximum atomic E-state index is 11.7. The molecular formula is C12H19NO3. The summed E-state index contributed by atoms with van der Waals surface area (Å²) >= 11 is 0. The quantitative estimate of drug-likeness (QED) is 0.794. The van der Waals surface area contributed by atoms with E-state index in [2.05, 4.69) is 0 Å². The lowest BCUT2D eigenvalue weighted by molar-refractivity contribution is -0.162. The third-order valence-electron chi connectivity index (χ3n) is 4.06. The average molecular weight is 225 g/mol. The highest BCUT2D eigenvalue weighted by Gasteiger charge is 2.56. The van der Waals surface area contributed by atoms with Crippen LogP contribution in [0.2, 0.25) is 0 Å². The van der Waals surface area contributed by atoms with E-state index in [1.54, 1.807) is 4.90 Å². The third-order valence-corrected chi connectivity index (χ3v) is 4.06. The zero-order chi connectivity index (χ0) is 11.9. The van der Waals surface area contributed by atoms with E-state index in [9.17, 15) is 14.7 Å². The van der Waals surface area contributed by atoms with Gasteiger partial charge in [-0.2, -0.15) is 0 Å². The molecule has 0 heterocycles. The first kappa shape index (κ1) is 11.4. The van der Waals surface area contributed by atoms with E-state index in [-0.39, 0.29) is 17.9 Å². The van der Waals surface area contributed by atoms with Crippen LogP contribution < -0.4 is 0 Å². The normalized spacial score (nSPS) is 33.8. The fourth-order valence-electron chi connectivity index (χ4n) is 3.14. The summed E-state index contributed by atoms with van der Waals surface area (Å²) in [7, 11) is 0. The van der Waals surface area contributed by atoms with Crippen LogP contribution in [0.3, 0.4) is 0 Å². The van der Waals surface area contributed by atoms with Crippen molar-refractivity contribution in [2.24, 2.45) is 5.92 Å². The van der Waals surface area contributed by atoms with E-state index in [0.717, 1.165) is 25.7 Å². The minimum Gasteiger partial charge on any atom is -0.479 e. The van der Waals surface area contributed by atoms with Crippen molar-refractivity contribution < 1.29 is 14.7 Å². The Kier molecular flexibility index (Phi) is 2.68. The van der Waals surface area contributed by atoms with Gasteiger partial charge in [0.2, 0.25) is 5.91 Å². The molecular weight excluding hydrogens is 206 g/mol. The monoisotopic (exact) mass is 225 g/mol. The van der Waals surface area contributed by atoms with Crippen LogP contribution in [0, 0.1) is 5.92 Å². The first-order valence-corrected chi connectivity index (χ1v) is 6.03. The molecule has 2 atom stereocenters. The van der Waals surface area contributed by atoms with Crippen LogP contribution in [-0.2, 0) is 9.59 Å². The number of carbonyl (C=O) groups excluding carboxylic acids is 1. The zero-order valence-electron chi connectivity index (χ0n) is 9.90. The van der Waals surface area contributed by atoms with Gasteiger partial charge in [0.1, 0.15) is 5.54 Å². The van der Waals surface area contributed by atoms with Crippen LogP contribution in [0.15, 0.2) is 0 Å². The second kappa shape index (κ2) is 3.75. The molecule has 0 radical (unpaired) electrons. The van der Waals surface area contributed by atoms with E-state index in [1.165, 1.54) is 6.92 Å². The van der Waals surface area contributed by atoms with Gasteiger partial charge >= 0.3 is 5.97 Å². The summed E-state index contributed by atoms with van der Waals surface area (Å²) in [5, 5.41) is 9.54. The predicted octanol–water partition coefficient (Wildman–Crippen LogP) is 1.64. The van der Waals surface area contributed by atoms with Crippen molar-refractivity contribution >= 4 is 11.9 Å². The molecule has 2 saturated carbocycles. The molecule has 2 rings (SSSR count). The smallest absolute Gasteiger partial charge is 0.329 e. The van der Waals surface area contributed by atoms with Gasteiger partial charge in [0.05, 0.1) is 0 Å². The molecule has 0 spiro atoms. The van der Waals surface area contributed by atoms with E-state index in [1.807, 2.05) is 6.92 Å². The van der Waals surface area contributed by atoms with Gasteiger partial charge in [-0.1, -0.05) is 13.3 Å². The number of hydrogen-bond acceptors (Lipinski definition) is 2. The maximum absolute atomic E-state index is 11.7. The highest BCUT2D eigenvalue weighted by atomic mass is 16.4. The van der Waals surface area contributed by atoms with Crippen molar-refractivity contribution in [2.45, 2.75) is 57.5 Å². The lowest BCUT2D eigenvalue weighted by Crippen LogP contribution is -2.59. The van der Waals surface area contributed by atoms with Crippen molar-refractivity contribution in [3.63, 3.8) is 0 Å². The molecule has 0 aliphatic heterocycles. The van der Waals surface area contributed by atoms with Crippen molar-refractivity contribution in [2.75, 3.05) is 0 Å². The Morgan fingerprint density at radius 3 is 2.25 bits per heavy atom. The first-order valence-electron chi connectivity index (χ1n) is 6.03. The van der Waals surface area contributed by atoms with Gasteiger partial charge in [-0.3, -0.25) is 4.79 Å². The molecule has 4 heteroatoms. The molecule has 0 aromatic rings. The second-order valence-electron chi connectivity index (χ2n) is 5.14. The maximum Gasteiger partial charge on any atom is 0.329 e. The van der Waals surface area contributed by atoms with Gasteiger partial charge in [0.15, 0.2) is 0 Å². The SMILES string of the molecule is CC(=O)N(C1CC1)C1(C(=O)O)CCCC1C. The van der Waals surface area contributed by atoms with Crippen molar-refractivity contribution in [3.8, 4) is 0 Å². The standard InChI is InChI=1S/C12H19NO3/c1-8-4-3-7-12(8,11(15)16)13(9(2)14)10-5-6-10/h8,10H,3-7H2,1-2H3,(H,15,16). The Bertz CT molecular complexity index is 324. The van der Waals surface area contributed by atoms with Gasteiger partial charge in [-0.15, -0.1) is 0 Å². The Morgan fingerprint density at radius 2 is 1.94 bits per heavy atom. The van der Waals surface area contributed by atoms with Crippen molar-refractivity contribution in [3.05, 3.63) is 0 Å². The number of hydrogen-bond donors (Lipinski definition) is 1. The molecule has 2 fully saturated rings. The number of aliphatic carboxylic acids is 1. The Labute approximate surface area is 95.6 Å². The number of carboxylic acid groups (broad SMARTS) is 1. The largest absolute Gasteiger partial charge is 0.479 e. The Balaban J connectivity index is 2.36. The topological polar surface area (TPSA) is 57.6 Å². The number of rotatable bonds is 3. The van der Waals surface area contributed by atoms with Crippen LogP contribution >= 0.6 is 0 Å². The summed E-state index contributed by atoms with van der Waals surface area (Å²) in [4.78, 5) is 25.0. The fourth-order valence-corrected chi connectivity index (χ4v) is 3.14. The second-order valence-corrected chi connectivity index (χ2v) is 5.14. The van der Waals surface area contributed by atoms with Crippen LogP contribution in [0.4, 0.5) is 0 Å². The fraction of sp³-hybridized carbons (Fsp3) is 0.833. The molecule has 0 saturated heterocycles. The lowest BCUT2D eigenvalue weighted by Gasteiger charge is -2.40. The number of nitrogens with zero attached hydrogens (tertiary/aromatic N) is 1. The molecule has 16 heavy (non-hydrogen) atoms. The molecule has 2 aliphatic rings. The first-order chi connectivity index (χ1) is 7.50. The number of amides is 1. The summed E-state index contributed by atoms with van der Waals surface area (Å²) in [6.07, 6.45) is 4.34. The molecule has 0 aromatic carbocycles. The van der Waals surface area contributed by atoms with E-state index < -0.39 is 11.5 Å². The van der Waals surface area contributed by atoms with Crippen molar-refractivity contribution in [1.82, 2.24) is 4.90 Å². The molecule has 4 nitrogen and oxygen atoms in total. The number of carbonyl (C=O) groups is 2. The molecule has 2 aliphatic carbocycles. The van der Waals surface area contributed by atoms with Gasteiger partial charge in [-0.05, 0) is 31.6 Å². The molecule has 90 valence electrons. The summed E-state index contributed by atoms with van der Waals surface area (Å²) in [6.45, 7) is 3.45. The molecule has 2 unspecified atom stereocenters. The molecule has 0 bridgehead atoms. The van der Waals surface area contributed by atoms with Gasteiger partial charge in [0.25, 0.3) is 0 Å². The molecule has 1 amide bonds. The van der Waals surface area contributed by atoms with Crippen LogP contribution in [-0.4, -0.2) is 33.5 Å². The van der Waals surface area contributed by atoms with Gasteiger partial charge < -0.3 is 10.0 Å². The summed E-state index contributed by atoms with van der Waals surface area (Å²) < 4.78 is 0. The molecule has 0 aromatic heterocycles. The number of carboxylic acids is 1. The summed E-state index contributed by atoms with van der Waals surface area (Å²) in [6, 6.07) is 0.175. The third kappa shape index (κ3) is 1.51. The van der Waals surface area contributed by atoms with Crippen LogP contribution in [0.5, 0.6) is 0 Å². The average Bonchev–Trinajstić information content (AvgIpc) is 2.91. The Morgan fingerprint density at radius 1 is 1.31 bits per heavy atom. The van der Waals surface area contributed by atoms with Crippen LogP contribution in [0.1, 0.15) is 46.0 Å². The minimum absolute atomic E-state index is 0.0644. The Hall–Kier alpha value is -1.06. The zero-order valence-corrected chi connectivity index (χ0v) is 9.90. The summed E-state index contributed by atoms with van der Waals surface area (Å²) in [5.41, 5.74) is -0.924. The van der Waals surface area contributed by atoms with Gasteiger partial charge in [-0.25, -0.2) is 4.79 Å². The highest BCUT2D eigenvalue weighted by molar-refractivity contribution is 5.87. The molecule has 1 N–H and O–H groups in total.